The molecule has 0 saturated carbocycles. The number of methoxy groups -OCH3 is 1. The van der Waals surface area contributed by atoms with Gasteiger partial charge in [-0.1, -0.05) is 27.2 Å². The third-order valence-electron chi connectivity index (χ3n) is 3.24. The Kier molecular flexibility index (Phi) is 5.54. The summed E-state index contributed by atoms with van der Waals surface area (Å²) >= 11 is 0. The maximum Gasteiger partial charge on any atom is 0.134 e. The third-order valence-corrected chi connectivity index (χ3v) is 3.24. The number of halogens is 2. The molecule has 1 rings (SSSR count). The van der Waals surface area contributed by atoms with Crippen LogP contribution in [0.5, 0.6) is 5.75 Å². The van der Waals surface area contributed by atoms with Crippen LogP contribution in [0.1, 0.15) is 38.8 Å². The van der Waals surface area contributed by atoms with Gasteiger partial charge in [0.2, 0.25) is 0 Å². The number of ether oxygens (including phenoxy) is 1. The van der Waals surface area contributed by atoms with Gasteiger partial charge in [-0.3, -0.25) is 0 Å². The fraction of sp³-hybridized carbons (Fsp3) is 0.571. The standard InChI is InChI=1S/C14H21F2NO/c1-5-9(3)14(17-6-2)13-11(15)7-10(18-4)8-12(13)16/h7-9,14,17H,5-6H2,1-4H3. The zero-order chi connectivity index (χ0) is 13.7. The van der Waals surface area contributed by atoms with E-state index in [0.29, 0.717) is 6.54 Å². The van der Waals surface area contributed by atoms with E-state index in [4.69, 9.17) is 4.74 Å². The molecule has 0 aliphatic carbocycles. The third kappa shape index (κ3) is 3.19. The summed E-state index contributed by atoms with van der Waals surface area (Å²) in [7, 11) is 1.39. The Bertz CT molecular complexity index is 372. The van der Waals surface area contributed by atoms with E-state index in [-0.39, 0.29) is 23.3 Å². The molecule has 4 heteroatoms. The Morgan fingerprint density at radius 1 is 1.22 bits per heavy atom. The Morgan fingerprint density at radius 3 is 2.17 bits per heavy atom. The molecule has 0 aliphatic heterocycles. The maximum absolute atomic E-state index is 14.0. The van der Waals surface area contributed by atoms with Crippen molar-refractivity contribution >= 4 is 0 Å². The minimum Gasteiger partial charge on any atom is -0.497 e. The molecule has 1 aromatic carbocycles. The zero-order valence-electron chi connectivity index (χ0n) is 11.4. The SMILES string of the molecule is CCNC(c1c(F)cc(OC)cc1F)C(C)CC. The lowest BCUT2D eigenvalue weighted by Crippen LogP contribution is -2.28. The predicted octanol–water partition coefficient (Wildman–Crippen LogP) is 3.67. The number of nitrogens with one attached hydrogen (secondary N) is 1. The lowest BCUT2D eigenvalue weighted by molar-refractivity contribution is 0.353. The number of hydrogen-bond donors (Lipinski definition) is 1. The van der Waals surface area contributed by atoms with Crippen molar-refractivity contribution in [2.45, 2.75) is 33.2 Å². The van der Waals surface area contributed by atoms with Gasteiger partial charge in [0.15, 0.2) is 0 Å². The second-order valence-electron chi connectivity index (χ2n) is 4.43. The van der Waals surface area contributed by atoms with Crippen molar-refractivity contribution in [1.82, 2.24) is 5.32 Å². The Morgan fingerprint density at radius 2 is 1.78 bits per heavy atom. The van der Waals surface area contributed by atoms with E-state index in [0.717, 1.165) is 6.42 Å². The molecule has 0 heterocycles. The zero-order valence-corrected chi connectivity index (χ0v) is 11.4. The lowest BCUT2D eigenvalue weighted by Gasteiger charge is -2.25. The monoisotopic (exact) mass is 257 g/mol. The first-order chi connectivity index (χ1) is 8.54. The highest BCUT2D eigenvalue weighted by Gasteiger charge is 2.24. The molecule has 0 fully saturated rings. The van der Waals surface area contributed by atoms with E-state index < -0.39 is 11.6 Å². The lowest BCUT2D eigenvalue weighted by atomic mass is 9.91. The smallest absolute Gasteiger partial charge is 0.134 e. The van der Waals surface area contributed by atoms with Crippen LogP contribution in [0.4, 0.5) is 8.78 Å². The summed E-state index contributed by atoms with van der Waals surface area (Å²) in [4.78, 5) is 0. The molecule has 0 aliphatic rings. The summed E-state index contributed by atoms with van der Waals surface area (Å²) in [5, 5.41) is 3.15. The van der Waals surface area contributed by atoms with Gasteiger partial charge in [-0.05, 0) is 12.5 Å². The molecule has 1 N–H and O–H groups in total. The van der Waals surface area contributed by atoms with Crippen LogP contribution < -0.4 is 10.1 Å². The fourth-order valence-electron chi connectivity index (χ4n) is 2.02. The van der Waals surface area contributed by atoms with Gasteiger partial charge in [-0.15, -0.1) is 0 Å². The van der Waals surface area contributed by atoms with E-state index in [2.05, 4.69) is 5.32 Å². The van der Waals surface area contributed by atoms with E-state index >= 15 is 0 Å². The van der Waals surface area contributed by atoms with Gasteiger partial charge >= 0.3 is 0 Å². The van der Waals surface area contributed by atoms with Gasteiger partial charge in [-0.2, -0.15) is 0 Å². The molecule has 2 atom stereocenters. The molecule has 18 heavy (non-hydrogen) atoms. The van der Waals surface area contributed by atoms with Crippen LogP contribution in [0, 0.1) is 17.6 Å². The van der Waals surface area contributed by atoms with Crippen molar-refractivity contribution in [2.24, 2.45) is 5.92 Å². The van der Waals surface area contributed by atoms with Gasteiger partial charge in [0.25, 0.3) is 0 Å². The maximum atomic E-state index is 14.0. The van der Waals surface area contributed by atoms with Crippen LogP contribution >= 0.6 is 0 Å². The molecule has 102 valence electrons. The summed E-state index contributed by atoms with van der Waals surface area (Å²) in [6, 6.07) is 2.14. The molecule has 0 amide bonds. The van der Waals surface area contributed by atoms with Crippen LogP contribution in [-0.2, 0) is 0 Å². The molecule has 0 saturated heterocycles. The topological polar surface area (TPSA) is 21.3 Å². The largest absolute Gasteiger partial charge is 0.497 e. The molecule has 0 spiro atoms. The molecular weight excluding hydrogens is 236 g/mol. The second-order valence-corrected chi connectivity index (χ2v) is 4.43. The average Bonchev–Trinajstić information content (AvgIpc) is 2.35. The minimum absolute atomic E-state index is 0.104. The van der Waals surface area contributed by atoms with Gasteiger partial charge in [0, 0.05) is 23.7 Å². The summed E-state index contributed by atoms with van der Waals surface area (Å²) in [6.45, 7) is 6.58. The summed E-state index contributed by atoms with van der Waals surface area (Å²) in [6.07, 6.45) is 0.850. The molecule has 0 bridgehead atoms. The number of rotatable bonds is 6. The Balaban J connectivity index is 3.19. The quantitative estimate of drug-likeness (QED) is 0.839. The first kappa shape index (κ1) is 14.9. The predicted molar refractivity (Wildman–Crippen MR) is 68.8 cm³/mol. The van der Waals surface area contributed by atoms with Gasteiger partial charge in [0.05, 0.1) is 7.11 Å². The highest BCUT2D eigenvalue weighted by Crippen LogP contribution is 2.31. The van der Waals surface area contributed by atoms with Gasteiger partial charge < -0.3 is 10.1 Å². The molecule has 0 radical (unpaired) electrons. The van der Waals surface area contributed by atoms with Crippen LogP contribution in [0.25, 0.3) is 0 Å². The first-order valence-electron chi connectivity index (χ1n) is 6.31. The van der Waals surface area contributed by atoms with Crippen molar-refractivity contribution in [3.05, 3.63) is 29.3 Å². The molecule has 1 aromatic rings. The van der Waals surface area contributed by atoms with E-state index in [1.54, 1.807) is 0 Å². The summed E-state index contributed by atoms with van der Waals surface area (Å²) in [5.41, 5.74) is 0.104. The molecule has 0 aromatic heterocycles. The minimum atomic E-state index is -0.557. The highest BCUT2D eigenvalue weighted by molar-refractivity contribution is 5.32. The first-order valence-corrected chi connectivity index (χ1v) is 6.31. The van der Waals surface area contributed by atoms with Crippen LogP contribution in [0.2, 0.25) is 0 Å². The van der Waals surface area contributed by atoms with Crippen molar-refractivity contribution in [3.63, 3.8) is 0 Å². The second kappa shape index (κ2) is 6.69. The Labute approximate surface area is 107 Å². The van der Waals surface area contributed by atoms with Crippen molar-refractivity contribution in [2.75, 3.05) is 13.7 Å². The van der Waals surface area contributed by atoms with Crippen LogP contribution in [0.15, 0.2) is 12.1 Å². The summed E-state index contributed by atoms with van der Waals surface area (Å²) in [5.74, 6) is -0.758. The van der Waals surface area contributed by atoms with Gasteiger partial charge in [-0.25, -0.2) is 8.78 Å². The molecule has 2 unspecified atom stereocenters. The van der Waals surface area contributed by atoms with Gasteiger partial charge in [0.1, 0.15) is 17.4 Å². The van der Waals surface area contributed by atoms with Crippen LogP contribution in [-0.4, -0.2) is 13.7 Å². The normalized spacial score (nSPS) is 14.3. The van der Waals surface area contributed by atoms with Crippen molar-refractivity contribution in [1.29, 1.82) is 0 Å². The van der Waals surface area contributed by atoms with Crippen molar-refractivity contribution < 1.29 is 13.5 Å². The van der Waals surface area contributed by atoms with E-state index in [9.17, 15) is 8.78 Å². The van der Waals surface area contributed by atoms with E-state index in [1.165, 1.54) is 19.2 Å². The molecule has 2 nitrogen and oxygen atoms in total. The average molecular weight is 257 g/mol. The van der Waals surface area contributed by atoms with Crippen molar-refractivity contribution in [3.8, 4) is 5.75 Å². The number of hydrogen-bond acceptors (Lipinski definition) is 2. The number of benzene rings is 1. The van der Waals surface area contributed by atoms with Crippen LogP contribution in [0.3, 0.4) is 0 Å². The fourth-order valence-corrected chi connectivity index (χ4v) is 2.02. The van der Waals surface area contributed by atoms with E-state index in [1.807, 2.05) is 20.8 Å². The Hall–Kier alpha value is -1.16. The highest BCUT2D eigenvalue weighted by atomic mass is 19.1. The summed E-state index contributed by atoms with van der Waals surface area (Å²) < 4.78 is 32.9. The molecular formula is C14H21F2NO.